The summed E-state index contributed by atoms with van der Waals surface area (Å²) in [6.45, 7) is 4.65. The summed E-state index contributed by atoms with van der Waals surface area (Å²) in [4.78, 5) is 48.6. The van der Waals surface area contributed by atoms with Gasteiger partial charge in [0.25, 0.3) is 0 Å². The van der Waals surface area contributed by atoms with E-state index in [2.05, 4.69) is 57.2 Å². The summed E-state index contributed by atoms with van der Waals surface area (Å²) in [5, 5.41) is 9.81. The van der Waals surface area contributed by atoms with E-state index in [4.69, 9.17) is 23.3 Å². The first-order chi connectivity index (χ1) is 36.2. The third-order valence-corrected chi connectivity index (χ3v) is 14.5. The van der Waals surface area contributed by atoms with Crippen LogP contribution in [-0.2, 0) is 42.2 Å². The highest BCUT2D eigenvalue weighted by molar-refractivity contribution is 7.47. The van der Waals surface area contributed by atoms with Gasteiger partial charge in [-0.25, -0.2) is 4.57 Å². The topological polar surface area (TPSA) is 155 Å². The minimum atomic E-state index is -4.74. The number of carbonyl (C=O) groups excluding carboxylic acids is 3. The van der Waals surface area contributed by atoms with Crippen LogP contribution >= 0.6 is 7.82 Å². The van der Waals surface area contributed by atoms with Crippen LogP contribution in [0.4, 0.5) is 0 Å². The van der Waals surface area contributed by atoms with Crippen LogP contribution in [0.2, 0.25) is 0 Å². The van der Waals surface area contributed by atoms with E-state index in [-0.39, 0.29) is 25.9 Å². The van der Waals surface area contributed by atoms with Gasteiger partial charge in [0.05, 0.1) is 19.8 Å². The number of carbonyl (C=O) groups is 3. The van der Waals surface area contributed by atoms with Crippen LogP contribution in [0.5, 0.6) is 0 Å². The summed E-state index contributed by atoms with van der Waals surface area (Å²) in [5.74, 6) is -1.45. The van der Waals surface area contributed by atoms with Crippen molar-refractivity contribution in [2.24, 2.45) is 0 Å². The number of aliphatic hydroxyl groups excluding tert-OH is 1. The normalized spacial score (nSPS) is 13.5. The van der Waals surface area contributed by atoms with Crippen LogP contribution in [0.3, 0.4) is 0 Å². The number of hydrogen-bond acceptors (Lipinski definition) is 10. The molecule has 0 bridgehead atoms. The van der Waals surface area contributed by atoms with Crippen LogP contribution in [0.15, 0.2) is 36.5 Å². The average Bonchev–Trinajstić information content (AvgIpc) is 3.39. The molecule has 74 heavy (non-hydrogen) atoms. The molecule has 0 aliphatic rings. The number of allylic oxidation sites excluding steroid dienone is 6. The molecule has 0 aromatic carbocycles. The Kier molecular flexibility index (Phi) is 55.1. The number of unbranched alkanes of at least 4 members (excludes halogenated alkanes) is 35. The van der Waals surface area contributed by atoms with Gasteiger partial charge < -0.3 is 24.2 Å². The van der Waals surface area contributed by atoms with Crippen LogP contribution in [0.1, 0.15) is 303 Å². The van der Waals surface area contributed by atoms with E-state index < -0.39 is 57.8 Å². The van der Waals surface area contributed by atoms with Gasteiger partial charge in [-0.1, -0.05) is 243 Å². The minimum absolute atomic E-state index is 0.167. The molecule has 0 aromatic rings. The van der Waals surface area contributed by atoms with Gasteiger partial charge in [0.15, 0.2) is 6.10 Å². The molecule has 0 heterocycles. The fourth-order valence-electron chi connectivity index (χ4n) is 8.79. The van der Waals surface area contributed by atoms with E-state index in [1.165, 1.54) is 173 Å². The van der Waals surface area contributed by atoms with E-state index in [9.17, 15) is 28.9 Å². The second kappa shape index (κ2) is 56.9. The molecule has 12 heteroatoms. The minimum Gasteiger partial charge on any atom is -0.462 e. The monoisotopic (exact) mass is 1070 g/mol. The van der Waals surface area contributed by atoms with Crippen LogP contribution < -0.4 is 0 Å². The zero-order valence-electron chi connectivity index (χ0n) is 48.1. The van der Waals surface area contributed by atoms with Crippen molar-refractivity contribution in [2.45, 2.75) is 315 Å². The molecule has 0 amide bonds. The first kappa shape index (κ1) is 71.7. The van der Waals surface area contributed by atoms with Crippen LogP contribution in [-0.4, -0.2) is 66.5 Å². The Morgan fingerprint density at radius 1 is 0.378 bits per heavy atom. The first-order valence-corrected chi connectivity index (χ1v) is 32.4. The van der Waals surface area contributed by atoms with Gasteiger partial charge in [0.2, 0.25) is 0 Å². The molecule has 434 valence electrons. The third-order valence-electron chi connectivity index (χ3n) is 13.5. The molecule has 0 aromatic heterocycles. The molecule has 0 spiro atoms. The zero-order chi connectivity index (χ0) is 54.1. The van der Waals surface area contributed by atoms with Gasteiger partial charge in [-0.05, 0) is 77.0 Å². The highest BCUT2D eigenvalue weighted by Crippen LogP contribution is 2.43. The van der Waals surface area contributed by atoms with Crippen molar-refractivity contribution in [1.29, 1.82) is 0 Å². The van der Waals surface area contributed by atoms with Gasteiger partial charge in [-0.3, -0.25) is 23.4 Å². The van der Waals surface area contributed by atoms with Gasteiger partial charge in [0, 0.05) is 19.3 Å². The van der Waals surface area contributed by atoms with E-state index in [1.807, 2.05) is 0 Å². The summed E-state index contributed by atoms with van der Waals surface area (Å²) in [6, 6.07) is 0. The number of rotatable bonds is 58. The highest BCUT2D eigenvalue weighted by atomic mass is 31.2. The predicted molar refractivity (Wildman–Crippen MR) is 307 cm³/mol. The fourth-order valence-corrected chi connectivity index (χ4v) is 9.58. The standard InChI is InChI=1S/C62H115O11P/c1-4-7-10-13-16-19-22-24-26-28-29-31-33-35-38-41-44-47-50-53-62(66)73-59(55-69-60(64)51-48-45-42-39-37-34-32-30-27-25-23-20-17-14-11-8-5-2)57-71-74(67,68)70-56-58(54-63)72-61(65)52-49-46-43-40-36-21-18-15-12-9-6-3/h17,20,24-27,58-59,63H,4-16,18-19,21-23,28-57H2,1-3H3,(H,67,68)/b20-17-,26-24-,27-25-. The number of aliphatic hydroxyl groups is 1. The molecule has 0 aliphatic carbocycles. The molecule has 3 atom stereocenters. The maximum Gasteiger partial charge on any atom is 0.472 e. The second-order valence-electron chi connectivity index (χ2n) is 20.9. The lowest BCUT2D eigenvalue weighted by Gasteiger charge is -2.21. The molecular weight excluding hydrogens is 952 g/mol. The molecule has 2 N–H and O–H groups in total. The SMILES string of the molecule is CCCCC/C=C\C/C=C\CCCCCCCCCC(=O)OCC(COP(=O)(O)OCC(CO)OC(=O)CCCCCCCCCCCCC)OC(=O)CCCCCCCCCCC/C=C\CCCCCCCC. The number of ether oxygens (including phenoxy) is 3. The Labute approximate surface area is 454 Å². The third kappa shape index (κ3) is 54.5. The molecule has 11 nitrogen and oxygen atoms in total. The van der Waals surface area contributed by atoms with Crippen molar-refractivity contribution in [3.63, 3.8) is 0 Å². The molecule has 0 rings (SSSR count). The Bertz CT molecular complexity index is 1380. The lowest BCUT2D eigenvalue weighted by molar-refractivity contribution is -0.161. The maximum atomic E-state index is 12.9. The molecular formula is C62H115O11P. The second-order valence-corrected chi connectivity index (χ2v) is 22.3. The lowest BCUT2D eigenvalue weighted by Crippen LogP contribution is -2.30. The number of phosphoric ester groups is 1. The van der Waals surface area contributed by atoms with E-state index >= 15 is 0 Å². The summed E-state index contributed by atoms with van der Waals surface area (Å²) in [5.41, 5.74) is 0. The Hall–Kier alpha value is -2.30. The summed E-state index contributed by atoms with van der Waals surface area (Å²) in [7, 11) is -4.74. The average molecular weight is 1070 g/mol. The quantitative estimate of drug-likeness (QED) is 0.0197. The molecule has 0 aliphatic heterocycles. The van der Waals surface area contributed by atoms with Crippen molar-refractivity contribution >= 4 is 25.7 Å². The molecule has 3 unspecified atom stereocenters. The van der Waals surface area contributed by atoms with E-state index in [0.29, 0.717) is 19.3 Å². The van der Waals surface area contributed by atoms with Crippen molar-refractivity contribution in [3.8, 4) is 0 Å². The number of phosphoric acid groups is 1. The van der Waals surface area contributed by atoms with E-state index in [1.54, 1.807) is 0 Å². The number of hydrogen-bond donors (Lipinski definition) is 2. The summed E-state index contributed by atoms with van der Waals surface area (Å²) >= 11 is 0. The molecule has 0 radical (unpaired) electrons. The Balaban J connectivity index is 4.69. The molecule has 0 fully saturated rings. The summed E-state index contributed by atoms with van der Waals surface area (Å²) in [6.07, 6.45) is 59.5. The largest absolute Gasteiger partial charge is 0.472 e. The van der Waals surface area contributed by atoms with Crippen molar-refractivity contribution in [3.05, 3.63) is 36.5 Å². The summed E-state index contributed by atoms with van der Waals surface area (Å²) < 4.78 is 39.6. The number of esters is 3. The van der Waals surface area contributed by atoms with Crippen LogP contribution in [0.25, 0.3) is 0 Å². The lowest BCUT2D eigenvalue weighted by atomic mass is 10.1. The van der Waals surface area contributed by atoms with E-state index in [0.717, 1.165) is 70.6 Å². The van der Waals surface area contributed by atoms with Gasteiger partial charge in [-0.2, -0.15) is 0 Å². The van der Waals surface area contributed by atoms with Gasteiger partial charge in [-0.15, -0.1) is 0 Å². The smallest absolute Gasteiger partial charge is 0.462 e. The Morgan fingerprint density at radius 3 is 1.04 bits per heavy atom. The zero-order valence-corrected chi connectivity index (χ0v) is 49.0. The van der Waals surface area contributed by atoms with Gasteiger partial charge >= 0.3 is 25.7 Å². The van der Waals surface area contributed by atoms with Crippen molar-refractivity contribution in [1.82, 2.24) is 0 Å². The van der Waals surface area contributed by atoms with Crippen molar-refractivity contribution in [2.75, 3.05) is 26.4 Å². The van der Waals surface area contributed by atoms with Crippen LogP contribution in [0, 0.1) is 0 Å². The molecule has 0 saturated heterocycles. The molecule has 0 saturated carbocycles. The van der Waals surface area contributed by atoms with Crippen molar-refractivity contribution < 1.29 is 52.2 Å². The predicted octanol–water partition coefficient (Wildman–Crippen LogP) is 18.4. The van der Waals surface area contributed by atoms with Gasteiger partial charge in [0.1, 0.15) is 12.7 Å². The first-order valence-electron chi connectivity index (χ1n) is 30.9. The maximum absolute atomic E-state index is 12.9. The fraction of sp³-hybridized carbons (Fsp3) is 0.855. The highest BCUT2D eigenvalue weighted by Gasteiger charge is 2.28. The Morgan fingerprint density at radius 2 is 0.662 bits per heavy atom.